The van der Waals surface area contributed by atoms with Gasteiger partial charge in [0.1, 0.15) is 5.82 Å². The van der Waals surface area contributed by atoms with Crippen molar-refractivity contribution in [2.75, 3.05) is 36.4 Å². The standard InChI is InChI=1S/C24H27FN4O3/c25-19-7-4-8-20(13-19)27-24(32)26-14-17-6-5-11-28(15-17)23(31)18-12-22(30)29(16-18)21-9-2-1-3-10-21/h1-4,7-10,13,17-18H,5-6,11-12,14-16H2,(H2,26,27,32). The van der Waals surface area contributed by atoms with Crippen LogP contribution in [0.1, 0.15) is 19.3 Å². The fourth-order valence-electron chi connectivity index (χ4n) is 4.40. The predicted molar refractivity (Wildman–Crippen MR) is 120 cm³/mol. The van der Waals surface area contributed by atoms with Crippen LogP contribution < -0.4 is 15.5 Å². The highest BCUT2D eigenvalue weighted by Crippen LogP contribution is 2.27. The SMILES string of the molecule is O=C(NCC1CCCN(C(=O)C2CC(=O)N(c3ccccc3)C2)C1)Nc1cccc(F)c1. The highest BCUT2D eigenvalue weighted by molar-refractivity contribution is 6.00. The van der Waals surface area contributed by atoms with Crippen molar-refractivity contribution in [2.24, 2.45) is 11.8 Å². The van der Waals surface area contributed by atoms with E-state index in [0.717, 1.165) is 18.5 Å². The minimum absolute atomic E-state index is 0.00527. The van der Waals surface area contributed by atoms with Crippen LogP contribution >= 0.6 is 0 Å². The minimum Gasteiger partial charge on any atom is -0.342 e. The molecule has 2 fully saturated rings. The third-order valence-electron chi connectivity index (χ3n) is 6.01. The fraction of sp³-hybridized carbons (Fsp3) is 0.375. The second-order valence-corrected chi connectivity index (χ2v) is 8.38. The van der Waals surface area contributed by atoms with E-state index in [-0.39, 0.29) is 30.1 Å². The van der Waals surface area contributed by atoms with E-state index < -0.39 is 11.8 Å². The summed E-state index contributed by atoms with van der Waals surface area (Å²) in [7, 11) is 0. The van der Waals surface area contributed by atoms with Gasteiger partial charge in [-0.1, -0.05) is 24.3 Å². The molecule has 2 aromatic carbocycles. The first kappa shape index (κ1) is 21.8. The quantitative estimate of drug-likeness (QED) is 0.752. The van der Waals surface area contributed by atoms with Crippen LogP contribution in [0.5, 0.6) is 0 Å². The summed E-state index contributed by atoms with van der Waals surface area (Å²) in [5.41, 5.74) is 1.20. The average molecular weight is 439 g/mol. The van der Waals surface area contributed by atoms with Gasteiger partial charge in [0.25, 0.3) is 0 Å². The fourth-order valence-corrected chi connectivity index (χ4v) is 4.40. The van der Waals surface area contributed by atoms with Crippen LogP contribution in [0, 0.1) is 17.7 Å². The van der Waals surface area contributed by atoms with Crippen molar-refractivity contribution in [3.8, 4) is 0 Å². The van der Waals surface area contributed by atoms with E-state index in [0.29, 0.717) is 31.9 Å². The lowest BCUT2D eigenvalue weighted by Crippen LogP contribution is -2.46. The van der Waals surface area contributed by atoms with Gasteiger partial charge in [0.15, 0.2) is 0 Å². The number of amides is 4. The van der Waals surface area contributed by atoms with Crippen molar-refractivity contribution in [3.63, 3.8) is 0 Å². The number of nitrogens with one attached hydrogen (secondary N) is 2. The third-order valence-corrected chi connectivity index (χ3v) is 6.01. The van der Waals surface area contributed by atoms with Crippen LogP contribution in [0.2, 0.25) is 0 Å². The molecule has 0 radical (unpaired) electrons. The number of carbonyl (C=O) groups is 3. The summed E-state index contributed by atoms with van der Waals surface area (Å²) in [6, 6.07) is 14.7. The second-order valence-electron chi connectivity index (χ2n) is 8.38. The Morgan fingerprint density at radius 1 is 1.06 bits per heavy atom. The number of likely N-dealkylation sites (tertiary alicyclic amines) is 1. The number of benzene rings is 2. The molecule has 2 atom stereocenters. The Balaban J connectivity index is 1.27. The summed E-state index contributed by atoms with van der Waals surface area (Å²) < 4.78 is 13.3. The first-order chi connectivity index (χ1) is 15.5. The van der Waals surface area contributed by atoms with Crippen molar-refractivity contribution in [2.45, 2.75) is 19.3 Å². The Kier molecular flexibility index (Phi) is 6.68. The maximum Gasteiger partial charge on any atom is 0.319 e. The first-order valence-corrected chi connectivity index (χ1v) is 10.9. The van der Waals surface area contributed by atoms with Gasteiger partial charge < -0.3 is 20.4 Å². The molecule has 2 heterocycles. The first-order valence-electron chi connectivity index (χ1n) is 10.9. The molecule has 0 spiro atoms. The van der Waals surface area contributed by atoms with Crippen molar-refractivity contribution in [1.29, 1.82) is 0 Å². The average Bonchev–Trinajstić information content (AvgIpc) is 3.19. The number of halogens is 1. The maximum absolute atomic E-state index is 13.3. The summed E-state index contributed by atoms with van der Waals surface area (Å²) >= 11 is 0. The molecule has 168 valence electrons. The zero-order valence-electron chi connectivity index (χ0n) is 17.8. The van der Waals surface area contributed by atoms with Gasteiger partial charge in [-0.15, -0.1) is 0 Å². The van der Waals surface area contributed by atoms with Crippen LogP contribution in [0.4, 0.5) is 20.6 Å². The molecule has 8 heteroatoms. The smallest absolute Gasteiger partial charge is 0.319 e. The molecule has 2 aromatic rings. The van der Waals surface area contributed by atoms with E-state index in [4.69, 9.17) is 0 Å². The van der Waals surface area contributed by atoms with E-state index in [1.54, 1.807) is 11.0 Å². The number of nitrogens with zero attached hydrogens (tertiary/aromatic N) is 2. The molecule has 2 aliphatic heterocycles. The molecule has 0 bridgehead atoms. The molecule has 2 aliphatic rings. The minimum atomic E-state index is -0.416. The normalized spacial score (nSPS) is 20.8. The number of piperidine rings is 1. The highest BCUT2D eigenvalue weighted by atomic mass is 19.1. The number of para-hydroxylation sites is 1. The van der Waals surface area contributed by atoms with E-state index in [9.17, 15) is 18.8 Å². The molecular formula is C24H27FN4O3. The molecule has 2 N–H and O–H groups in total. The van der Waals surface area contributed by atoms with E-state index in [2.05, 4.69) is 10.6 Å². The number of hydrogen-bond acceptors (Lipinski definition) is 3. The number of urea groups is 1. The number of rotatable bonds is 5. The van der Waals surface area contributed by atoms with Crippen LogP contribution in [0.3, 0.4) is 0 Å². The Bertz CT molecular complexity index is 984. The van der Waals surface area contributed by atoms with E-state index in [1.165, 1.54) is 18.2 Å². The lowest BCUT2D eigenvalue weighted by Gasteiger charge is -2.34. The summed E-state index contributed by atoms with van der Waals surface area (Å²) in [6.45, 7) is 2.04. The van der Waals surface area contributed by atoms with Crippen molar-refractivity contribution in [3.05, 3.63) is 60.4 Å². The van der Waals surface area contributed by atoms with Crippen LogP contribution in [0.15, 0.2) is 54.6 Å². The lowest BCUT2D eigenvalue weighted by molar-refractivity contribution is -0.137. The van der Waals surface area contributed by atoms with Gasteiger partial charge in [0, 0.05) is 44.0 Å². The van der Waals surface area contributed by atoms with Gasteiger partial charge in [-0.05, 0) is 49.1 Å². The zero-order valence-corrected chi connectivity index (χ0v) is 17.8. The van der Waals surface area contributed by atoms with Crippen molar-refractivity contribution in [1.82, 2.24) is 10.2 Å². The van der Waals surface area contributed by atoms with Crippen LogP contribution in [-0.2, 0) is 9.59 Å². The number of hydrogen-bond donors (Lipinski definition) is 2. The zero-order chi connectivity index (χ0) is 22.5. The number of carbonyl (C=O) groups excluding carboxylic acids is 3. The van der Waals surface area contributed by atoms with Crippen LogP contribution in [-0.4, -0.2) is 48.9 Å². The monoisotopic (exact) mass is 438 g/mol. The second kappa shape index (κ2) is 9.80. The molecule has 7 nitrogen and oxygen atoms in total. The van der Waals surface area contributed by atoms with Crippen molar-refractivity contribution >= 4 is 29.2 Å². The van der Waals surface area contributed by atoms with E-state index >= 15 is 0 Å². The Morgan fingerprint density at radius 2 is 1.88 bits per heavy atom. The van der Waals surface area contributed by atoms with Gasteiger partial charge >= 0.3 is 6.03 Å². The molecule has 0 aromatic heterocycles. The van der Waals surface area contributed by atoms with Crippen LogP contribution in [0.25, 0.3) is 0 Å². The molecule has 0 saturated carbocycles. The van der Waals surface area contributed by atoms with E-state index in [1.807, 2.05) is 35.2 Å². The Labute approximate surface area is 186 Å². The van der Waals surface area contributed by atoms with Gasteiger partial charge in [0.2, 0.25) is 11.8 Å². The Hall–Kier alpha value is -3.42. The molecule has 4 amide bonds. The van der Waals surface area contributed by atoms with Gasteiger partial charge in [-0.2, -0.15) is 0 Å². The maximum atomic E-state index is 13.3. The summed E-state index contributed by atoms with van der Waals surface area (Å²) in [5, 5.41) is 5.42. The molecular weight excluding hydrogens is 411 g/mol. The largest absolute Gasteiger partial charge is 0.342 e. The lowest BCUT2D eigenvalue weighted by atomic mass is 9.96. The predicted octanol–water partition coefficient (Wildman–Crippen LogP) is 3.24. The summed E-state index contributed by atoms with van der Waals surface area (Å²) in [4.78, 5) is 41.2. The summed E-state index contributed by atoms with van der Waals surface area (Å²) in [6.07, 6.45) is 1.99. The number of anilines is 2. The molecule has 2 unspecified atom stereocenters. The summed E-state index contributed by atoms with van der Waals surface area (Å²) in [5.74, 6) is -0.649. The molecule has 32 heavy (non-hydrogen) atoms. The molecule has 2 saturated heterocycles. The molecule has 4 rings (SSSR count). The van der Waals surface area contributed by atoms with Crippen molar-refractivity contribution < 1.29 is 18.8 Å². The molecule has 0 aliphatic carbocycles. The van der Waals surface area contributed by atoms with Gasteiger partial charge in [-0.3, -0.25) is 9.59 Å². The Morgan fingerprint density at radius 3 is 2.66 bits per heavy atom. The third kappa shape index (κ3) is 5.25. The highest BCUT2D eigenvalue weighted by Gasteiger charge is 2.38. The van der Waals surface area contributed by atoms with Gasteiger partial charge in [-0.25, -0.2) is 9.18 Å². The topological polar surface area (TPSA) is 81.8 Å². The van der Waals surface area contributed by atoms with Gasteiger partial charge in [0.05, 0.1) is 5.92 Å².